The van der Waals surface area contributed by atoms with Crippen LogP contribution in [0.15, 0.2) is 23.8 Å². The van der Waals surface area contributed by atoms with E-state index >= 15 is 0 Å². The van der Waals surface area contributed by atoms with Crippen molar-refractivity contribution in [2.45, 2.75) is 83.7 Å². The standard InChI is InChI=1S/C23H36O7/c1-4-13(2)23(29)30-20-7-5-6-15-10-19(26)14(3)18(22(15)20)9-8-16(24)11-17(25)12-21(27)28/h5-6,10,13-14,16-20,22,24-26H,4,7-9,11-12H2,1-3H3,(H,27,28)/t13-,14+,16+,17+,18-,19-,20-,22-/m0/s1. The highest BCUT2D eigenvalue weighted by atomic mass is 16.5. The second-order valence-electron chi connectivity index (χ2n) is 8.85. The third-order valence-electron chi connectivity index (χ3n) is 6.57. The molecule has 2 rings (SSSR count). The SMILES string of the molecule is CC[C@H](C)C(=O)O[C@H]1CC=CC2=C[C@H](O)[C@H](C)[C@H](CC[C@@H](O)C[C@@H](O)CC(=O)O)[C@H]21. The molecule has 0 amide bonds. The molecule has 170 valence electrons. The van der Waals surface area contributed by atoms with E-state index in [9.17, 15) is 24.9 Å². The first kappa shape index (κ1) is 24.6. The van der Waals surface area contributed by atoms with Crippen LogP contribution in [0.3, 0.4) is 0 Å². The van der Waals surface area contributed by atoms with Crippen molar-refractivity contribution in [3.05, 3.63) is 23.8 Å². The Morgan fingerprint density at radius 3 is 2.60 bits per heavy atom. The normalized spacial score (nSPS) is 31.3. The van der Waals surface area contributed by atoms with E-state index in [1.807, 2.05) is 39.0 Å². The minimum absolute atomic E-state index is 0.00432. The molecule has 30 heavy (non-hydrogen) atoms. The fraction of sp³-hybridized carbons (Fsp3) is 0.739. The largest absolute Gasteiger partial charge is 0.481 e. The zero-order valence-corrected chi connectivity index (χ0v) is 18.1. The minimum Gasteiger partial charge on any atom is -0.481 e. The van der Waals surface area contributed by atoms with Gasteiger partial charge in [0.25, 0.3) is 0 Å². The van der Waals surface area contributed by atoms with Crippen LogP contribution in [-0.2, 0) is 14.3 Å². The summed E-state index contributed by atoms with van der Waals surface area (Å²) in [5.41, 5.74) is 0.958. The molecule has 0 saturated carbocycles. The van der Waals surface area contributed by atoms with Crippen molar-refractivity contribution in [3.63, 3.8) is 0 Å². The van der Waals surface area contributed by atoms with E-state index in [-0.39, 0.29) is 42.2 Å². The predicted molar refractivity (Wildman–Crippen MR) is 111 cm³/mol. The van der Waals surface area contributed by atoms with Gasteiger partial charge in [0.05, 0.1) is 30.7 Å². The Morgan fingerprint density at radius 1 is 1.27 bits per heavy atom. The predicted octanol–water partition coefficient (Wildman–Crippen LogP) is 2.44. The van der Waals surface area contributed by atoms with E-state index in [1.165, 1.54) is 0 Å². The van der Waals surface area contributed by atoms with E-state index in [0.29, 0.717) is 25.7 Å². The maximum atomic E-state index is 12.4. The number of hydrogen-bond acceptors (Lipinski definition) is 6. The summed E-state index contributed by atoms with van der Waals surface area (Å²) in [6.07, 6.45) is 4.79. The molecule has 2 aliphatic carbocycles. The number of allylic oxidation sites excluding steroid dienone is 1. The third kappa shape index (κ3) is 6.40. The zero-order valence-electron chi connectivity index (χ0n) is 18.1. The van der Waals surface area contributed by atoms with E-state index in [2.05, 4.69) is 0 Å². The summed E-state index contributed by atoms with van der Waals surface area (Å²) in [6, 6.07) is 0. The number of hydrogen-bond donors (Lipinski definition) is 4. The number of aliphatic hydroxyl groups is 3. The molecular formula is C23H36O7. The van der Waals surface area contributed by atoms with E-state index in [1.54, 1.807) is 0 Å². The van der Waals surface area contributed by atoms with Crippen LogP contribution in [0.1, 0.15) is 59.3 Å². The summed E-state index contributed by atoms with van der Waals surface area (Å²) in [4.78, 5) is 23.1. The van der Waals surface area contributed by atoms with Crippen molar-refractivity contribution >= 4 is 11.9 Å². The van der Waals surface area contributed by atoms with Crippen molar-refractivity contribution in [1.29, 1.82) is 0 Å². The molecule has 0 spiro atoms. The van der Waals surface area contributed by atoms with Gasteiger partial charge in [-0.05, 0) is 43.1 Å². The van der Waals surface area contributed by atoms with Crippen molar-refractivity contribution in [3.8, 4) is 0 Å². The van der Waals surface area contributed by atoms with Crippen LogP contribution in [0.5, 0.6) is 0 Å². The molecule has 0 saturated heterocycles. The molecule has 0 aromatic carbocycles. The number of carbonyl (C=O) groups excluding carboxylic acids is 1. The molecule has 0 aromatic rings. The number of rotatable bonds is 10. The number of carboxylic acid groups (broad SMARTS) is 1. The quantitative estimate of drug-likeness (QED) is 0.397. The maximum Gasteiger partial charge on any atom is 0.308 e. The van der Waals surface area contributed by atoms with Crippen molar-refractivity contribution in [1.82, 2.24) is 0 Å². The summed E-state index contributed by atoms with van der Waals surface area (Å²) in [7, 11) is 0. The summed E-state index contributed by atoms with van der Waals surface area (Å²) in [5, 5.41) is 39.3. The molecule has 0 unspecified atom stereocenters. The minimum atomic E-state index is -1.10. The summed E-state index contributed by atoms with van der Waals surface area (Å²) < 4.78 is 5.86. The van der Waals surface area contributed by atoms with Crippen molar-refractivity contribution in [2.75, 3.05) is 0 Å². The second kappa shape index (κ2) is 11.1. The average Bonchev–Trinajstić information content (AvgIpc) is 2.67. The lowest BCUT2D eigenvalue weighted by Gasteiger charge is -2.44. The fourth-order valence-corrected chi connectivity index (χ4v) is 4.53. The van der Waals surface area contributed by atoms with Crippen LogP contribution < -0.4 is 0 Å². The molecule has 7 nitrogen and oxygen atoms in total. The van der Waals surface area contributed by atoms with Gasteiger partial charge in [0.15, 0.2) is 0 Å². The van der Waals surface area contributed by atoms with Gasteiger partial charge >= 0.3 is 11.9 Å². The van der Waals surface area contributed by atoms with Gasteiger partial charge in [-0.3, -0.25) is 9.59 Å². The Morgan fingerprint density at radius 2 is 1.97 bits per heavy atom. The molecule has 2 aliphatic rings. The van der Waals surface area contributed by atoms with Crippen LogP contribution in [-0.4, -0.2) is 56.8 Å². The Hall–Kier alpha value is -1.70. The number of fused-ring (bicyclic) bond motifs is 1. The highest BCUT2D eigenvalue weighted by Gasteiger charge is 2.43. The maximum absolute atomic E-state index is 12.4. The molecule has 0 bridgehead atoms. The monoisotopic (exact) mass is 424 g/mol. The topological polar surface area (TPSA) is 124 Å². The van der Waals surface area contributed by atoms with Crippen LogP contribution in [0.2, 0.25) is 0 Å². The molecular weight excluding hydrogens is 388 g/mol. The zero-order chi connectivity index (χ0) is 22.4. The van der Waals surface area contributed by atoms with Gasteiger partial charge in [0.2, 0.25) is 0 Å². The summed E-state index contributed by atoms with van der Waals surface area (Å²) >= 11 is 0. The Bertz CT molecular complexity index is 656. The first-order valence-electron chi connectivity index (χ1n) is 11.0. The lowest BCUT2D eigenvalue weighted by molar-refractivity contribution is -0.157. The number of ether oxygens (including phenoxy) is 1. The smallest absolute Gasteiger partial charge is 0.308 e. The first-order chi connectivity index (χ1) is 14.1. The molecule has 0 radical (unpaired) electrons. The number of carboxylic acids is 1. The lowest BCUT2D eigenvalue weighted by Crippen LogP contribution is -2.44. The molecule has 7 heteroatoms. The van der Waals surface area contributed by atoms with Gasteiger partial charge in [-0.25, -0.2) is 0 Å². The van der Waals surface area contributed by atoms with Gasteiger partial charge < -0.3 is 25.2 Å². The molecule has 0 heterocycles. The number of esters is 1. The fourth-order valence-electron chi connectivity index (χ4n) is 4.53. The second-order valence-corrected chi connectivity index (χ2v) is 8.85. The number of aliphatic hydroxyl groups excluding tert-OH is 3. The van der Waals surface area contributed by atoms with Gasteiger partial charge in [-0.1, -0.05) is 39.0 Å². The molecule has 0 fully saturated rings. The highest BCUT2D eigenvalue weighted by molar-refractivity contribution is 5.72. The Kier molecular flexibility index (Phi) is 9.07. The van der Waals surface area contributed by atoms with Crippen LogP contribution in [0, 0.1) is 23.7 Å². The Balaban J connectivity index is 2.09. The Labute approximate surface area is 178 Å². The number of aliphatic carboxylic acids is 1. The first-order valence-corrected chi connectivity index (χ1v) is 11.0. The van der Waals surface area contributed by atoms with Crippen molar-refractivity contribution in [2.24, 2.45) is 23.7 Å². The molecule has 8 atom stereocenters. The molecule has 0 aliphatic heterocycles. The van der Waals surface area contributed by atoms with Crippen LogP contribution in [0.4, 0.5) is 0 Å². The lowest BCUT2D eigenvalue weighted by atomic mass is 9.65. The van der Waals surface area contributed by atoms with Gasteiger partial charge in [-0.15, -0.1) is 0 Å². The van der Waals surface area contributed by atoms with Crippen LogP contribution in [0.25, 0.3) is 0 Å². The number of carbonyl (C=O) groups is 2. The molecule has 4 N–H and O–H groups in total. The average molecular weight is 425 g/mol. The van der Waals surface area contributed by atoms with E-state index in [0.717, 1.165) is 5.57 Å². The highest BCUT2D eigenvalue weighted by Crippen LogP contribution is 2.44. The van der Waals surface area contributed by atoms with Gasteiger partial charge in [-0.2, -0.15) is 0 Å². The summed E-state index contributed by atoms with van der Waals surface area (Å²) in [5.74, 6) is -1.64. The van der Waals surface area contributed by atoms with Gasteiger partial charge in [0, 0.05) is 12.3 Å². The van der Waals surface area contributed by atoms with Crippen molar-refractivity contribution < 1.29 is 34.8 Å². The molecule has 0 aromatic heterocycles. The van der Waals surface area contributed by atoms with Crippen LogP contribution >= 0.6 is 0 Å². The van der Waals surface area contributed by atoms with E-state index in [4.69, 9.17) is 9.84 Å². The summed E-state index contributed by atoms with van der Waals surface area (Å²) in [6.45, 7) is 5.75. The van der Waals surface area contributed by atoms with E-state index < -0.39 is 30.7 Å². The van der Waals surface area contributed by atoms with Gasteiger partial charge in [0.1, 0.15) is 6.10 Å². The third-order valence-corrected chi connectivity index (χ3v) is 6.57.